The molecule has 1 aromatic heterocycles. The van der Waals surface area contributed by atoms with Crippen LogP contribution < -0.4 is 5.73 Å². The van der Waals surface area contributed by atoms with Gasteiger partial charge in [0, 0.05) is 31.8 Å². The van der Waals surface area contributed by atoms with Crippen molar-refractivity contribution in [2.24, 2.45) is 5.73 Å². The Hall–Kier alpha value is -0.910. The fourth-order valence-corrected chi connectivity index (χ4v) is 2.66. The monoisotopic (exact) mass is 253 g/mol. The van der Waals surface area contributed by atoms with Crippen molar-refractivity contribution in [1.82, 2.24) is 10.1 Å². The summed E-state index contributed by atoms with van der Waals surface area (Å²) in [7, 11) is 1.65. The number of likely N-dealkylation sites (tertiary alicyclic amines) is 1. The van der Waals surface area contributed by atoms with Crippen molar-refractivity contribution in [3.8, 4) is 0 Å². The summed E-state index contributed by atoms with van der Waals surface area (Å²) in [6, 6.07) is 2.63. The molecule has 0 spiro atoms. The third kappa shape index (κ3) is 3.31. The van der Waals surface area contributed by atoms with Crippen LogP contribution in [-0.2, 0) is 17.9 Å². The van der Waals surface area contributed by atoms with E-state index in [4.69, 9.17) is 15.0 Å². The Morgan fingerprint density at radius 1 is 1.61 bits per heavy atom. The van der Waals surface area contributed by atoms with Gasteiger partial charge in [0.1, 0.15) is 6.61 Å². The first-order valence-electron chi connectivity index (χ1n) is 6.63. The lowest BCUT2D eigenvalue weighted by molar-refractivity contribution is 0.119. The van der Waals surface area contributed by atoms with Crippen LogP contribution in [0.5, 0.6) is 0 Å². The maximum Gasteiger partial charge on any atom is 0.162 e. The highest BCUT2D eigenvalue weighted by molar-refractivity contribution is 5.05. The predicted octanol–water partition coefficient (Wildman–Crippen LogP) is 1.52. The van der Waals surface area contributed by atoms with Crippen molar-refractivity contribution >= 4 is 0 Å². The zero-order chi connectivity index (χ0) is 13.0. The van der Waals surface area contributed by atoms with Gasteiger partial charge < -0.3 is 15.0 Å². The lowest BCUT2D eigenvalue weighted by atomic mass is 9.97. The SMILES string of the molecule is COCc1cc(CN2CCCCC2C(C)N)no1. The summed E-state index contributed by atoms with van der Waals surface area (Å²) < 4.78 is 10.2. The van der Waals surface area contributed by atoms with Crippen molar-refractivity contribution in [1.29, 1.82) is 0 Å². The second-order valence-electron chi connectivity index (χ2n) is 5.11. The number of hydrogen-bond acceptors (Lipinski definition) is 5. The third-order valence-electron chi connectivity index (χ3n) is 3.53. The highest BCUT2D eigenvalue weighted by atomic mass is 16.5. The van der Waals surface area contributed by atoms with Crippen LogP contribution >= 0.6 is 0 Å². The lowest BCUT2D eigenvalue weighted by Gasteiger charge is -2.37. The minimum Gasteiger partial charge on any atom is -0.377 e. The van der Waals surface area contributed by atoms with E-state index in [1.807, 2.05) is 6.07 Å². The molecule has 18 heavy (non-hydrogen) atoms. The van der Waals surface area contributed by atoms with Gasteiger partial charge in [-0.15, -0.1) is 0 Å². The quantitative estimate of drug-likeness (QED) is 0.862. The van der Waals surface area contributed by atoms with Crippen molar-refractivity contribution in [2.75, 3.05) is 13.7 Å². The molecule has 1 aliphatic rings. The van der Waals surface area contributed by atoms with Crippen LogP contribution in [0.2, 0.25) is 0 Å². The molecule has 0 radical (unpaired) electrons. The molecule has 0 aliphatic carbocycles. The number of hydrogen-bond donors (Lipinski definition) is 1. The van der Waals surface area contributed by atoms with Crippen LogP contribution in [0, 0.1) is 0 Å². The van der Waals surface area contributed by atoms with Crippen LogP contribution in [-0.4, -0.2) is 35.8 Å². The molecule has 0 bridgehead atoms. The number of aromatic nitrogens is 1. The molecule has 0 aromatic carbocycles. The molecule has 1 fully saturated rings. The molecule has 5 nitrogen and oxygen atoms in total. The van der Waals surface area contributed by atoms with E-state index in [2.05, 4.69) is 17.0 Å². The molecule has 2 heterocycles. The summed E-state index contributed by atoms with van der Waals surface area (Å²) in [5.41, 5.74) is 7.03. The second-order valence-corrected chi connectivity index (χ2v) is 5.11. The highest BCUT2D eigenvalue weighted by Gasteiger charge is 2.26. The molecule has 102 valence electrons. The van der Waals surface area contributed by atoms with Gasteiger partial charge in [-0.25, -0.2) is 0 Å². The summed E-state index contributed by atoms with van der Waals surface area (Å²) in [5, 5.41) is 4.09. The number of nitrogens with zero attached hydrogens (tertiary/aromatic N) is 2. The first-order valence-corrected chi connectivity index (χ1v) is 6.63. The fourth-order valence-electron chi connectivity index (χ4n) is 2.66. The summed E-state index contributed by atoms with van der Waals surface area (Å²) in [6.07, 6.45) is 3.70. The minimum atomic E-state index is 0.204. The Morgan fingerprint density at radius 3 is 3.17 bits per heavy atom. The van der Waals surface area contributed by atoms with Gasteiger partial charge in [-0.2, -0.15) is 0 Å². The molecule has 5 heteroatoms. The van der Waals surface area contributed by atoms with E-state index >= 15 is 0 Å². The average Bonchev–Trinajstić information content (AvgIpc) is 2.77. The number of ether oxygens (including phenoxy) is 1. The first-order chi connectivity index (χ1) is 8.70. The standard InChI is InChI=1S/C13H23N3O2/c1-10(14)13-5-3-4-6-16(13)8-11-7-12(9-17-2)18-15-11/h7,10,13H,3-6,8-9,14H2,1-2H3. The van der Waals surface area contributed by atoms with E-state index in [0.29, 0.717) is 12.6 Å². The van der Waals surface area contributed by atoms with Gasteiger partial charge in [-0.05, 0) is 26.3 Å². The Labute approximate surface area is 108 Å². The van der Waals surface area contributed by atoms with Crippen LogP contribution in [0.25, 0.3) is 0 Å². The van der Waals surface area contributed by atoms with Crippen LogP contribution in [0.1, 0.15) is 37.6 Å². The minimum absolute atomic E-state index is 0.204. The summed E-state index contributed by atoms with van der Waals surface area (Å²) in [6.45, 7) is 4.48. The van der Waals surface area contributed by atoms with E-state index in [1.165, 1.54) is 19.3 Å². The van der Waals surface area contributed by atoms with Gasteiger partial charge in [0.2, 0.25) is 0 Å². The smallest absolute Gasteiger partial charge is 0.162 e. The second kappa shape index (κ2) is 6.31. The molecule has 2 N–H and O–H groups in total. The predicted molar refractivity (Wildman–Crippen MR) is 68.9 cm³/mol. The lowest BCUT2D eigenvalue weighted by Crippen LogP contribution is -2.48. The molecule has 2 atom stereocenters. The Balaban J connectivity index is 1.97. The van der Waals surface area contributed by atoms with Crippen LogP contribution in [0.15, 0.2) is 10.6 Å². The van der Waals surface area contributed by atoms with Gasteiger partial charge in [0.15, 0.2) is 5.76 Å². The molecular formula is C13H23N3O2. The molecule has 1 aromatic rings. The summed E-state index contributed by atoms with van der Waals surface area (Å²) >= 11 is 0. The zero-order valence-electron chi connectivity index (χ0n) is 11.3. The topological polar surface area (TPSA) is 64.5 Å². The van der Waals surface area contributed by atoms with Gasteiger partial charge in [-0.3, -0.25) is 4.90 Å². The van der Waals surface area contributed by atoms with Gasteiger partial charge in [0.05, 0.1) is 5.69 Å². The number of piperidine rings is 1. The van der Waals surface area contributed by atoms with Crippen molar-refractivity contribution < 1.29 is 9.26 Å². The Bertz CT molecular complexity index is 365. The maximum atomic E-state index is 6.06. The van der Waals surface area contributed by atoms with Gasteiger partial charge in [0.25, 0.3) is 0 Å². The molecule has 1 saturated heterocycles. The molecule has 0 amide bonds. The number of rotatable bonds is 5. The third-order valence-corrected chi connectivity index (χ3v) is 3.53. The first kappa shape index (κ1) is 13.5. The summed E-state index contributed by atoms with van der Waals surface area (Å²) in [5.74, 6) is 0.779. The molecule has 2 rings (SSSR count). The summed E-state index contributed by atoms with van der Waals surface area (Å²) in [4.78, 5) is 2.42. The Morgan fingerprint density at radius 2 is 2.44 bits per heavy atom. The van der Waals surface area contributed by atoms with Gasteiger partial charge in [-0.1, -0.05) is 11.6 Å². The molecular weight excluding hydrogens is 230 g/mol. The van der Waals surface area contributed by atoms with Gasteiger partial charge >= 0.3 is 0 Å². The van der Waals surface area contributed by atoms with E-state index in [1.54, 1.807) is 7.11 Å². The van der Waals surface area contributed by atoms with E-state index in [0.717, 1.165) is 24.5 Å². The average molecular weight is 253 g/mol. The largest absolute Gasteiger partial charge is 0.377 e. The van der Waals surface area contributed by atoms with Crippen molar-refractivity contribution in [3.05, 3.63) is 17.5 Å². The zero-order valence-corrected chi connectivity index (χ0v) is 11.3. The highest BCUT2D eigenvalue weighted by Crippen LogP contribution is 2.21. The van der Waals surface area contributed by atoms with E-state index in [9.17, 15) is 0 Å². The van der Waals surface area contributed by atoms with Crippen molar-refractivity contribution in [2.45, 2.75) is 51.4 Å². The van der Waals surface area contributed by atoms with Crippen molar-refractivity contribution in [3.63, 3.8) is 0 Å². The van der Waals surface area contributed by atoms with Crippen LogP contribution in [0.4, 0.5) is 0 Å². The Kier molecular flexibility index (Phi) is 4.74. The molecule has 1 aliphatic heterocycles. The molecule has 0 saturated carbocycles. The van der Waals surface area contributed by atoms with E-state index in [-0.39, 0.29) is 6.04 Å². The molecule has 2 unspecified atom stereocenters. The van der Waals surface area contributed by atoms with Crippen LogP contribution in [0.3, 0.4) is 0 Å². The number of nitrogens with two attached hydrogens (primary N) is 1. The normalized spacial score (nSPS) is 23.2. The number of methoxy groups -OCH3 is 1. The fraction of sp³-hybridized carbons (Fsp3) is 0.769. The van der Waals surface area contributed by atoms with E-state index < -0.39 is 0 Å². The maximum absolute atomic E-state index is 6.06.